The monoisotopic (exact) mass is 614 g/mol. The second-order valence-corrected chi connectivity index (χ2v) is 11.3. The first-order chi connectivity index (χ1) is 20.8. The number of allylic oxidation sites excluding steroid dienone is 4. The van der Waals surface area contributed by atoms with Gasteiger partial charge in [0.2, 0.25) is 0 Å². The molecule has 0 bridgehead atoms. The van der Waals surface area contributed by atoms with Gasteiger partial charge in [0.15, 0.2) is 12.4 Å². The van der Waals surface area contributed by atoms with Crippen LogP contribution in [0.2, 0.25) is 0 Å². The van der Waals surface area contributed by atoms with Gasteiger partial charge in [-0.15, -0.1) is 0 Å². The number of hydrogen-bond donors (Lipinski definition) is 4. The lowest BCUT2D eigenvalue weighted by Crippen LogP contribution is -2.59. The first-order valence-corrected chi connectivity index (χ1v) is 16.4. The summed E-state index contributed by atoms with van der Waals surface area (Å²) in [5, 5.41) is 39.5. The van der Waals surface area contributed by atoms with Crippen LogP contribution in [0.5, 0.6) is 0 Å². The highest BCUT2D eigenvalue weighted by molar-refractivity contribution is 5.70. The van der Waals surface area contributed by atoms with E-state index < -0.39 is 55.4 Å². The first-order valence-electron chi connectivity index (χ1n) is 16.4. The summed E-state index contributed by atoms with van der Waals surface area (Å²) in [6.45, 7) is 3.09. The molecule has 0 radical (unpaired) electrons. The molecule has 1 fully saturated rings. The predicted molar refractivity (Wildman–Crippen MR) is 164 cm³/mol. The molecule has 0 aromatic heterocycles. The number of aliphatic hydroxyl groups excluding tert-OH is 4. The van der Waals surface area contributed by atoms with Crippen LogP contribution in [0.3, 0.4) is 0 Å². The smallest absolute Gasteiger partial charge is 0.306 e. The van der Waals surface area contributed by atoms with Crippen molar-refractivity contribution in [3.63, 3.8) is 0 Å². The van der Waals surface area contributed by atoms with Crippen molar-refractivity contribution in [2.24, 2.45) is 0 Å². The molecule has 6 atom stereocenters. The SMILES string of the molecule is CCCCCC/C=C\C/C=C\CCCCCCCC(=O)OC(COC(=O)CCCC)COC1OC(CO)C(O)C(O)C1O. The second-order valence-electron chi connectivity index (χ2n) is 11.3. The van der Waals surface area contributed by atoms with Gasteiger partial charge in [0, 0.05) is 12.8 Å². The van der Waals surface area contributed by atoms with Crippen molar-refractivity contribution in [1.82, 2.24) is 0 Å². The van der Waals surface area contributed by atoms with E-state index in [1.54, 1.807) is 0 Å². The Balaban J connectivity index is 2.33. The topological polar surface area (TPSA) is 152 Å². The highest BCUT2D eigenvalue weighted by atomic mass is 16.7. The Morgan fingerprint density at radius 2 is 1.33 bits per heavy atom. The van der Waals surface area contributed by atoms with Crippen molar-refractivity contribution in [3.8, 4) is 0 Å². The lowest BCUT2D eigenvalue weighted by atomic mass is 9.99. The number of unbranched alkanes of at least 4 members (excludes halogenated alkanes) is 10. The third-order valence-corrected chi connectivity index (χ3v) is 7.34. The van der Waals surface area contributed by atoms with E-state index in [4.69, 9.17) is 18.9 Å². The molecule has 0 aromatic carbocycles. The van der Waals surface area contributed by atoms with Crippen LogP contribution in [0.25, 0.3) is 0 Å². The summed E-state index contributed by atoms with van der Waals surface area (Å²) in [6.07, 6.45) is 16.0. The molecule has 250 valence electrons. The van der Waals surface area contributed by atoms with E-state index in [2.05, 4.69) is 31.2 Å². The molecule has 0 aromatic rings. The summed E-state index contributed by atoms with van der Waals surface area (Å²) in [5.74, 6) is -0.867. The van der Waals surface area contributed by atoms with Gasteiger partial charge < -0.3 is 39.4 Å². The molecule has 0 amide bonds. The van der Waals surface area contributed by atoms with E-state index in [9.17, 15) is 30.0 Å². The van der Waals surface area contributed by atoms with Crippen LogP contribution < -0.4 is 0 Å². The van der Waals surface area contributed by atoms with Crippen molar-refractivity contribution in [3.05, 3.63) is 24.3 Å². The normalized spacial score (nSPS) is 23.2. The lowest BCUT2D eigenvalue weighted by Gasteiger charge is -2.39. The van der Waals surface area contributed by atoms with Gasteiger partial charge in [-0.05, 0) is 44.9 Å². The molecule has 0 saturated carbocycles. The van der Waals surface area contributed by atoms with Crippen molar-refractivity contribution in [2.75, 3.05) is 19.8 Å². The van der Waals surface area contributed by atoms with Crippen molar-refractivity contribution >= 4 is 11.9 Å². The lowest BCUT2D eigenvalue weighted by molar-refractivity contribution is -0.305. The fourth-order valence-corrected chi connectivity index (χ4v) is 4.60. The number of aliphatic hydroxyl groups is 4. The number of esters is 2. The maximum atomic E-state index is 12.5. The van der Waals surface area contributed by atoms with E-state index in [1.807, 2.05) is 6.92 Å². The van der Waals surface area contributed by atoms with Crippen molar-refractivity contribution in [1.29, 1.82) is 0 Å². The Morgan fingerprint density at radius 1 is 0.721 bits per heavy atom. The van der Waals surface area contributed by atoms with E-state index in [1.165, 1.54) is 32.1 Å². The summed E-state index contributed by atoms with van der Waals surface area (Å²) in [4.78, 5) is 24.5. The third-order valence-electron chi connectivity index (χ3n) is 7.34. The molecule has 43 heavy (non-hydrogen) atoms. The van der Waals surface area contributed by atoms with Crippen molar-refractivity contribution in [2.45, 2.75) is 153 Å². The van der Waals surface area contributed by atoms with E-state index in [0.717, 1.165) is 44.9 Å². The summed E-state index contributed by atoms with van der Waals surface area (Å²) in [6, 6.07) is 0. The Bertz CT molecular complexity index is 769. The van der Waals surface area contributed by atoms with Crippen LogP contribution in [-0.4, -0.2) is 89.0 Å². The van der Waals surface area contributed by atoms with Crippen LogP contribution in [0.15, 0.2) is 24.3 Å². The van der Waals surface area contributed by atoms with Gasteiger partial charge in [0.25, 0.3) is 0 Å². The highest BCUT2D eigenvalue weighted by Gasteiger charge is 2.44. The minimum absolute atomic E-state index is 0.213. The second kappa shape index (κ2) is 25.5. The summed E-state index contributed by atoms with van der Waals surface area (Å²) < 4.78 is 21.6. The van der Waals surface area contributed by atoms with Crippen molar-refractivity contribution < 1.29 is 49.0 Å². The fraction of sp³-hybridized carbons (Fsp3) is 0.818. The van der Waals surface area contributed by atoms with Gasteiger partial charge in [-0.25, -0.2) is 0 Å². The maximum absolute atomic E-state index is 12.5. The Labute approximate surface area is 258 Å². The Morgan fingerprint density at radius 3 is 1.98 bits per heavy atom. The van der Waals surface area contributed by atoms with Crippen LogP contribution in [0, 0.1) is 0 Å². The molecule has 10 heteroatoms. The molecular formula is C33H58O10. The Hall–Kier alpha value is -1.82. The average molecular weight is 615 g/mol. The number of carbonyl (C=O) groups excluding carboxylic acids is 2. The molecule has 4 N–H and O–H groups in total. The Kier molecular flexibility index (Phi) is 23.3. The minimum Gasteiger partial charge on any atom is -0.462 e. The average Bonchev–Trinajstić information content (AvgIpc) is 3.00. The molecule has 0 aliphatic carbocycles. The summed E-state index contributed by atoms with van der Waals surface area (Å²) in [5.41, 5.74) is 0. The maximum Gasteiger partial charge on any atom is 0.306 e. The molecule has 6 unspecified atom stereocenters. The van der Waals surface area contributed by atoms with E-state index in [-0.39, 0.29) is 26.1 Å². The fourth-order valence-electron chi connectivity index (χ4n) is 4.60. The molecular weight excluding hydrogens is 556 g/mol. The zero-order valence-corrected chi connectivity index (χ0v) is 26.4. The molecule has 1 saturated heterocycles. The predicted octanol–water partition coefficient (Wildman–Crippen LogP) is 4.65. The van der Waals surface area contributed by atoms with Gasteiger partial charge in [0.1, 0.15) is 31.0 Å². The zero-order chi connectivity index (χ0) is 31.7. The van der Waals surface area contributed by atoms with Crippen LogP contribution in [0.4, 0.5) is 0 Å². The van der Waals surface area contributed by atoms with Gasteiger partial charge >= 0.3 is 11.9 Å². The number of rotatable bonds is 25. The first kappa shape index (κ1) is 39.2. The van der Waals surface area contributed by atoms with Gasteiger partial charge in [0.05, 0.1) is 13.2 Å². The standard InChI is InChI=1S/C33H58O10/c1-3-5-7-8-9-10-11-12-13-14-15-16-17-18-19-20-22-29(36)42-26(24-40-28(35)21-6-4-2)25-41-33-32(39)31(38)30(37)27(23-34)43-33/h10-11,13-14,26-27,30-34,37-39H,3-9,12,15-25H2,1-2H3/b11-10-,14-13-. The quantitative estimate of drug-likeness (QED) is 0.0649. The third kappa shape index (κ3) is 18.6. The number of hydrogen-bond acceptors (Lipinski definition) is 10. The number of carbonyl (C=O) groups is 2. The van der Waals surface area contributed by atoms with Crippen LogP contribution >= 0.6 is 0 Å². The highest BCUT2D eigenvalue weighted by Crippen LogP contribution is 2.22. The molecule has 1 aliphatic rings. The van der Waals surface area contributed by atoms with Gasteiger partial charge in [-0.3, -0.25) is 9.59 Å². The minimum atomic E-state index is -1.59. The van der Waals surface area contributed by atoms with Crippen LogP contribution in [0.1, 0.15) is 117 Å². The molecule has 1 heterocycles. The largest absolute Gasteiger partial charge is 0.462 e. The molecule has 10 nitrogen and oxygen atoms in total. The van der Waals surface area contributed by atoms with Gasteiger partial charge in [-0.2, -0.15) is 0 Å². The summed E-state index contributed by atoms with van der Waals surface area (Å²) >= 11 is 0. The van der Waals surface area contributed by atoms with E-state index >= 15 is 0 Å². The summed E-state index contributed by atoms with van der Waals surface area (Å²) in [7, 11) is 0. The zero-order valence-electron chi connectivity index (χ0n) is 26.4. The molecule has 1 aliphatic heterocycles. The van der Waals surface area contributed by atoms with Gasteiger partial charge in [-0.1, -0.05) is 83.1 Å². The van der Waals surface area contributed by atoms with E-state index in [0.29, 0.717) is 12.8 Å². The molecule has 0 spiro atoms. The number of ether oxygens (including phenoxy) is 4. The molecule has 1 rings (SSSR count). The van der Waals surface area contributed by atoms with Crippen LogP contribution in [-0.2, 0) is 28.5 Å².